The minimum atomic E-state index is -0.637. The Bertz CT molecular complexity index is 1250. The number of nitrogens with zero attached hydrogens (tertiary/aromatic N) is 2. The van der Waals surface area contributed by atoms with E-state index in [-0.39, 0.29) is 65.0 Å². The van der Waals surface area contributed by atoms with E-state index in [1.807, 2.05) is 24.0 Å². The molecule has 2 N–H and O–H groups in total. The predicted octanol–water partition coefficient (Wildman–Crippen LogP) is 5.10. The van der Waals surface area contributed by atoms with Crippen molar-refractivity contribution in [3.05, 3.63) is 46.3 Å². The summed E-state index contributed by atoms with van der Waals surface area (Å²) >= 11 is 0. The number of carbonyl (C=O) groups is 1. The second-order valence-electron chi connectivity index (χ2n) is 10.8. The van der Waals surface area contributed by atoms with Gasteiger partial charge >= 0.3 is 0 Å². The number of carbonyl (C=O) groups excluding carboxylic acids is 1. The average molecular weight is 609 g/mol. The van der Waals surface area contributed by atoms with Crippen LogP contribution in [-0.2, 0) is 12.0 Å². The normalized spacial score (nSPS) is 16.7. The minimum absolute atomic E-state index is 0. The lowest BCUT2D eigenvalue weighted by atomic mass is 9.84. The second kappa shape index (κ2) is 12.1. The molecule has 0 saturated carbocycles. The highest BCUT2D eigenvalue weighted by Crippen LogP contribution is 2.42. The highest BCUT2D eigenvalue weighted by atomic mass is 79.9. The smallest absolute Gasteiger partial charge is 0.197 e. The molecule has 1 saturated heterocycles. The summed E-state index contributed by atoms with van der Waals surface area (Å²) in [5, 5.41) is 18.8. The van der Waals surface area contributed by atoms with Gasteiger partial charge in [-0.2, -0.15) is 0 Å². The van der Waals surface area contributed by atoms with Crippen LogP contribution < -0.4 is 19.1 Å². The van der Waals surface area contributed by atoms with Crippen LogP contribution in [-0.4, -0.2) is 67.7 Å². The van der Waals surface area contributed by atoms with Gasteiger partial charge in [-0.15, -0.1) is 17.0 Å². The maximum Gasteiger partial charge on any atom is 0.197 e. The maximum absolute atomic E-state index is 15.5. The van der Waals surface area contributed by atoms with Crippen molar-refractivity contribution >= 4 is 34.3 Å². The number of hydrogen-bond donors (Lipinski definition) is 2. The van der Waals surface area contributed by atoms with Crippen molar-refractivity contribution in [3.8, 4) is 17.2 Å². The molecule has 2 aromatic carbocycles. The van der Waals surface area contributed by atoms with Crippen molar-refractivity contribution in [1.29, 1.82) is 5.41 Å². The van der Waals surface area contributed by atoms with Crippen LogP contribution in [0.4, 0.5) is 10.1 Å². The van der Waals surface area contributed by atoms with Gasteiger partial charge in [0.15, 0.2) is 23.1 Å². The lowest BCUT2D eigenvalue weighted by Gasteiger charge is -2.29. The number of halogens is 2. The number of hydrogen-bond acceptors (Lipinski definition) is 7. The molecule has 4 rings (SSSR count). The van der Waals surface area contributed by atoms with Crippen LogP contribution in [0.15, 0.2) is 18.2 Å². The lowest BCUT2D eigenvalue weighted by Crippen LogP contribution is -2.31. The molecule has 2 heterocycles. The van der Waals surface area contributed by atoms with Crippen LogP contribution in [0.3, 0.4) is 0 Å². The first-order valence-electron chi connectivity index (χ1n) is 13.1. The van der Waals surface area contributed by atoms with E-state index in [0.29, 0.717) is 48.7 Å². The van der Waals surface area contributed by atoms with Crippen molar-refractivity contribution in [2.24, 2.45) is 0 Å². The molecule has 0 bridgehead atoms. The fraction of sp³-hybridized carbons (Fsp3) is 0.517. The molecule has 1 atom stereocenters. The molecule has 214 valence electrons. The van der Waals surface area contributed by atoms with Crippen molar-refractivity contribution in [2.75, 3.05) is 44.9 Å². The molecular formula is C29H39BrFN3O5. The molecule has 2 aliphatic heterocycles. The third-order valence-corrected chi connectivity index (χ3v) is 7.01. The molecular weight excluding hydrogens is 569 g/mol. The first kappa shape index (κ1) is 30.7. The molecule has 0 radical (unpaired) electrons. The molecule has 0 amide bonds. The zero-order chi connectivity index (χ0) is 27.8. The number of ether oxygens (including phenoxy) is 3. The number of aliphatic hydroxyl groups excluding tert-OH is 1. The number of nitrogens with one attached hydrogen (secondary N) is 1. The van der Waals surface area contributed by atoms with Gasteiger partial charge in [-0.25, -0.2) is 4.39 Å². The quantitative estimate of drug-likeness (QED) is 0.383. The van der Waals surface area contributed by atoms with Crippen molar-refractivity contribution < 1.29 is 28.5 Å². The van der Waals surface area contributed by atoms with E-state index in [2.05, 4.69) is 20.8 Å². The number of β-amino-alcohol motifs (C(OH)–C–C–N with tert-alkyl or cyclic N) is 1. The summed E-state index contributed by atoms with van der Waals surface area (Å²) in [7, 11) is 1.62. The fourth-order valence-corrected chi connectivity index (χ4v) is 5.16. The molecule has 1 unspecified atom stereocenters. The molecule has 0 spiro atoms. The Morgan fingerprint density at radius 3 is 2.41 bits per heavy atom. The SMILES string of the molecule is Br.CCOc1cc2c(c(F)c1OCC)C(=N)N(CC(=O)c1cc(N3CCC(O)C3)c(OC)c(C(C)(C)C)c1)C2. The summed E-state index contributed by atoms with van der Waals surface area (Å²) in [6, 6.07) is 5.36. The highest BCUT2D eigenvalue weighted by Gasteiger charge is 2.34. The van der Waals surface area contributed by atoms with Gasteiger partial charge in [0, 0.05) is 30.8 Å². The molecule has 10 heteroatoms. The number of rotatable bonds is 9. The molecule has 1 fully saturated rings. The van der Waals surface area contributed by atoms with E-state index in [9.17, 15) is 9.90 Å². The Morgan fingerprint density at radius 1 is 1.15 bits per heavy atom. The monoisotopic (exact) mass is 607 g/mol. The van der Waals surface area contributed by atoms with Crippen LogP contribution in [0.5, 0.6) is 17.2 Å². The zero-order valence-electron chi connectivity index (χ0n) is 23.5. The van der Waals surface area contributed by atoms with E-state index < -0.39 is 11.9 Å². The van der Waals surface area contributed by atoms with Crippen LogP contribution in [0, 0.1) is 11.2 Å². The first-order chi connectivity index (χ1) is 18.0. The van der Waals surface area contributed by atoms with Crippen LogP contribution in [0.2, 0.25) is 0 Å². The van der Waals surface area contributed by atoms with Gasteiger partial charge in [0.1, 0.15) is 11.6 Å². The van der Waals surface area contributed by atoms with Gasteiger partial charge in [0.2, 0.25) is 0 Å². The fourth-order valence-electron chi connectivity index (χ4n) is 5.16. The summed E-state index contributed by atoms with van der Waals surface area (Å²) in [5.41, 5.74) is 2.57. The zero-order valence-corrected chi connectivity index (χ0v) is 25.2. The van der Waals surface area contributed by atoms with Gasteiger partial charge in [0.05, 0.1) is 44.2 Å². The summed E-state index contributed by atoms with van der Waals surface area (Å²) in [6.07, 6.45) is 0.216. The number of ketones is 1. The molecule has 2 aromatic rings. The molecule has 0 aliphatic carbocycles. The largest absolute Gasteiger partial charge is 0.494 e. The van der Waals surface area contributed by atoms with E-state index in [1.54, 1.807) is 25.0 Å². The van der Waals surface area contributed by atoms with Gasteiger partial charge in [0.25, 0.3) is 0 Å². The number of benzene rings is 2. The Hall–Kier alpha value is -2.85. The van der Waals surface area contributed by atoms with E-state index in [4.69, 9.17) is 19.6 Å². The third-order valence-electron chi connectivity index (χ3n) is 7.01. The van der Waals surface area contributed by atoms with Crippen LogP contribution >= 0.6 is 17.0 Å². The Balaban J connectivity index is 0.00000420. The molecule has 2 aliphatic rings. The molecule has 39 heavy (non-hydrogen) atoms. The summed E-state index contributed by atoms with van der Waals surface area (Å²) in [6.45, 7) is 11.6. The number of methoxy groups -OCH3 is 1. The van der Waals surface area contributed by atoms with Gasteiger partial charge in [-0.3, -0.25) is 10.2 Å². The van der Waals surface area contributed by atoms with Crippen molar-refractivity contribution in [3.63, 3.8) is 0 Å². The summed E-state index contributed by atoms with van der Waals surface area (Å²) < 4.78 is 32.4. The van der Waals surface area contributed by atoms with E-state index in [1.165, 1.54) is 0 Å². The van der Waals surface area contributed by atoms with Crippen LogP contribution in [0.25, 0.3) is 0 Å². The molecule has 0 aromatic heterocycles. The first-order valence-corrected chi connectivity index (χ1v) is 13.1. The van der Waals surface area contributed by atoms with E-state index >= 15 is 4.39 Å². The van der Waals surface area contributed by atoms with Gasteiger partial charge in [-0.1, -0.05) is 20.8 Å². The number of aliphatic hydroxyl groups is 1. The standard InChI is InChI=1S/C29H38FN3O5.BrH/c1-7-37-23-13-18-14-33(28(31)24(18)25(30)27(23)38-8-2)16-22(35)17-11-20(29(3,4)5)26(36-6)21(12-17)32-10-9-19(34)15-32;/h11-13,19,31,34H,7-10,14-16H2,1-6H3;1H. The number of anilines is 1. The minimum Gasteiger partial charge on any atom is -0.494 e. The lowest BCUT2D eigenvalue weighted by molar-refractivity contribution is 0.0962. The topological polar surface area (TPSA) is 95.3 Å². The number of amidine groups is 1. The number of Topliss-reactive ketones (excluding diaryl/α,β-unsaturated/α-hetero) is 1. The Kier molecular flexibility index (Phi) is 9.54. The van der Waals surface area contributed by atoms with Crippen molar-refractivity contribution in [1.82, 2.24) is 4.90 Å². The molecule has 8 nitrogen and oxygen atoms in total. The maximum atomic E-state index is 15.5. The Morgan fingerprint density at radius 2 is 1.85 bits per heavy atom. The van der Waals surface area contributed by atoms with E-state index in [0.717, 1.165) is 11.3 Å². The summed E-state index contributed by atoms with van der Waals surface area (Å²) in [5.74, 6) is 0.109. The number of fused-ring (bicyclic) bond motifs is 1. The predicted molar refractivity (Wildman–Crippen MR) is 155 cm³/mol. The van der Waals surface area contributed by atoms with Gasteiger partial charge < -0.3 is 29.1 Å². The second-order valence-corrected chi connectivity index (χ2v) is 10.8. The van der Waals surface area contributed by atoms with Gasteiger partial charge in [-0.05, 0) is 49.4 Å². The van der Waals surface area contributed by atoms with Crippen molar-refractivity contribution in [2.45, 2.75) is 59.1 Å². The summed E-state index contributed by atoms with van der Waals surface area (Å²) in [4.78, 5) is 17.3. The Labute approximate surface area is 240 Å². The van der Waals surface area contributed by atoms with Crippen LogP contribution in [0.1, 0.15) is 68.1 Å². The highest BCUT2D eigenvalue weighted by molar-refractivity contribution is 8.93. The average Bonchev–Trinajstić information content (AvgIpc) is 3.43. The third kappa shape index (κ3) is 6.01.